The minimum Gasteiger partial charge on any atom is -0.497 e. The minimum atomic E-state index is -0.933. The van der Waals surface area contributed by atoms with Crippen molar-refractivity contribution in [2.75, 3.05) is 26.0 Å². The van der Waals surface area contributed by atoms with Gasteiger partial charge in [0.2, 0.25) is 5.91 Å². The van der Waals surface area contributed by atoms with Gasteiger partial charge in [0.25, 0.3) is 0 Å². The SMILES string of the molecule is COc1cccc(SCC(=O)N2CCC(O)(c3ccccn3)CC2)c1. The predicted octanol–water partition coefficient (Wildman–Crippen LogP) is 2.69. The van der Waals surface area contributed by atoms with Crippen LogP contribution >= 0.6 is 11.8 Å². The third-order valence-corrected chi connectivity index (χ3v) is 5.47. The van der Waals surface area contributed by atoms with Gasteiger partial charge < -0.3 is 14.7 Å². The number of amides is 1. The molecule has 0 aliphatic carbocycles. The van der Waals surface area contributed by atoms with Crippen LogP contribution in [0.2, 0.25) is 0 Å². The summed E-state index contributed by atoms with van der Waals surface area (Å²) in [5.41, 5.74) is -0.245. The van der Waals surface area contributed by atoms with E-state index < -0.39 is 5.60 Å². The summed E-state index contributed by atoms with van der Waals surface area (Å²) in [4.78, 5) is 19.5. The molecule has 0 bridgehead atoms. The van der Waals surface area contributed by atoms with Crippen molar-refractivity contribution in [1.82, 2.24) is 9.88 Å². The smallest absolute Gasteiger partial charge is 0.232 e. The number of aliphatic hydroxyl groups is 1. The Bertz CT molecular complexity index is 716. The first kappa shape index (κ1) is 17.8. The zero-order valence-corrected chi connectivity index (χ0v) is 15.0. The Hall–Kier alpha value is -2.05. The summed E-state index contributed by atoms with van der Waals surface area (Å²) in [5, 5.41) is 10.8. The molecule has 0 unspecified atom stereocenters. The number of nitrogens with zero attached hydrogens (tertiary/aromatic N) is 2. The van der Waals surface area contributed by atoms with Gasteiger partial charge in [-0.2, -0.15) is 0 Å². The zero-order chi connectivity index (χ0) is 17.7. The molecule has 1 fully saturated rings. The number of carbonyl (C=O) groups excluding carboxylic acids is 1. The highest BCUT2D eigenvalue weighted by Crippen LogP contribution is 2.32. The molecule has 1 N–H and O–H groups in total. The molecular formula is C19H22N2O3S. The van der Waals surface area contributed by atoms with E-state index in [2.05, 4.69) is 4.98 Å². The Morgan fingerprint density at radius 2 is 2.08 bits per heavy atom. The molecule has 1 aliphatic rings. The standard InChI is InChI=1S/C19H22N2O3S/c1-24-15-5-4-6-16(13-15)25-14-18(22)21-11-8-19(23,9-12-21)17-7-2-3-10-20-17/h2-7,10,13,23H,8-9,11-12,14H2,1H3. The van der Waals surface area contributed by atoms with Crippen molar-refractivity contribution in [3.8, 4) is 5.75 Å². The van der Waals surface area contributed by atoms with Gasteiger partial charge in [0.15, 0.2) is 0 Å². The van der Waals surface area contributed by atoms with Crippen molar-refractivity contribution >= 4 is 17.7 Å². The van der Waals surface area contributed by atoms with Crippen LogP contribution in [0.1, 0.15) is 18.5 Å². The lowest BCUT2D eigenvalue weighted by molar-refractivity contribution is -0.133. The van der Waals surface area contributed by atoms with Gasteiger partial charge in [-0.05, 0) is 43.2 Å². The second-order valence-electron chi connectivity index (χ2n) is 6.10. The number of carbonyl (C=O) groups is 1. The van der Waals surface area contributed by atoms with Crippen LogP contribution in [0, 0.1) is 0 Å². The third-order valence-electron chi connectivity index (χ3n) is 4.49. The Kier molecular flexibility index (Phi) is 5.60. The molecule has 0 saturated carbocycles. The molecule has 132 valence electrons. The second-order valence-corrected chi connectivity index (χ2v) is 7.14. The highest BCUT2D eigenvalue weighted by molar-refractivity contribution is 8.00. The Labute approximate surface area is 152 Å². The molecule has 0 atom stereocenters. The number of likely N-dealkylation sites (tertiary alicyclic amines) is 1. The normalized spacial score (nSPS) is 16.5. The van der Waals surface area contributed by atoms with Crippen molar-refractivity contribution < 1.29 is 14.6 Å². The molecule has 1 aromatic carbocycles. The molecule has 0 radical (unpaired) electrons. The quantitative estimate of drug-likeness (QED) is 0.833. The molecule has 25 heavy (non-hydrogen) atoms. The summed E-state index contributed by atoms with van der Waals surface area (Å²) >= 11 is 1.50. The summed E-state index contributed by atoms with van der Waals surface area (Å²) in [6, 6.07) is 13.2. The Morgan fingerprint density at radius 1 is 1.28 bits per heavy atom. The fourth-order valence-corrected chi connectivity index (χ4v) is 3.79. The molecule has 2 aromatic rings. The maximum Gasteiger partial charge on any atom is 0.232 e. The van der Waals surface area contributed by atoms with Crippen molar-refractivity contribution in [2.24, 2.45) is 0 Å². The Morgan fingerprint density at radius 3 is 2.76 bits per heavy atom. The lowest BCUT2D eigenvalue weighted by Gasteiger charge is -2.37. The van der Waals surface area contributed by atoms with Crippen LogP contribution in [0.5, 0.6) is 5.75 Å². The molecule has 0 spiro atoms. The number of benzene rings is 1. The maximum absolute atomic E-state index is 12.5. The van der Waals surface area contributed by atoms with Gasteiger partial charge in [-0.1, -0.05) is 12.1 Å². The minimum absolute atomic E-state index is 0.0934. The van der Waals surface area contributed by atoms with Gasteiger partial charge in [0, 0.05) is 24.2 Å². The summed E-state index contributed by atoms with van der Waals surface area (Å²) in [5.74, 6) is 1.27. The summed E-state index contributed by atoms with van der Waals surface area (Å²) in [6.45, 7) is 1.09. The molecule has 5 nitrogen and oxygen atoms in total. The molecule has 1 aromatic heterocycles. The van der Waals surface area contributed by atoms with Gasteiger partial charge in [-0.3, -0.25) is 9.78 Å². The van der Waals surface area contributed by atoms with Gasteiger partial charge in [-0.15, -0.1) is 11.8 Å². The fourth-order valence-electron chi connectivity index (χ4n) is 2.95. The van der Waals surface area contributed by atoms with Crippen LogP contribution in [0.15, 0.2) is 53.6 Å². The first-order valence-corrected chi connectivity index (χ1v) is 9.28. The maximum atomic E-state index is 12.5. The van der Waals surface area contributed by atoms with E-state index in [1.807, 2.05) is 47.4 Å². The van der Waals surface area contributed by atoms with Crippen LogP contribution in [0.3, 0.4) is 0 Å². The average molecular weight is 358 g/mol. The van der Waals surface area contributed by atoms with Gasteiger partial charge >= 0.3 is 0 Å². The van der Waals surface area contributed by atoms with Crippen LogP contribution in [-0.2, 0) is 10.4 Å². The first-order valence-electron chi connectivity index (χ1n) is 8.29. The van der Waals surface area contributed by atoms with Crippen molar-refractivity contribution in [2.45, 2.75) is 23.3 Å². The fraction of sp³-hybridized carbons (Fsp3) is 0.368. The van der Waals surface area contributed by atoms with Crippen molar-refractivity contribution in [3.05, 3.63) is 54.4 Å². The monoisotopic (exact) mass is 358 g/mol. The number of hydrogen-bond donors (Lipinski definition) is 1. The topological polar surface area (TPSA) is 62.7 Å². The van der Waals surface area contributed by atoms with Crippen LogP contribution in [-0.4, -0.2) is 46.8 Å². The second kappa shape index (κ2) is 7.89. The first-order chi connectivity index (χ1) is 12.1. The van der Waals surface area contributed by atoms with E-state index in [1.54, 1.807) is 13.3 Å². The number of aromatic nitrogens is 1. The number of methoxy groups -OCH3 is 1. The van der Waals surface area contributed by atoms with Gasteiger partial charge in [-0.25, -0.2) is 0 Å². The number of thioether (sulfide) groups is 1. The molecular weight excluding hydrogens is 336 g/mol. The van der Waals surface area contributed by atoms with Gasteiger partial charge in [0.05, 0.1) is 18.6 Å². The molecule has 3 rings (SSSR count). The highest BCUT2D eigenvalue weighted by Gasteiger charge is 2.36. The van der Waals surface area contributed by atoms with E-state index in [0.29, 0.717) is 37.4 Å². The number of piperidine rings is 1. The summed E-state index contributed by atoms with van der Waals surface area (Å²) < 4.78 is 5.20. The van der Waals surface area contributed by atoms with Crippen LogP contribution < -0.4 is 4.74 Å². The van der Waals surface area contributed by atoms with E-state index in [1.165, 1.54) is 11.8 Å². The van der Waals surface area contributed by atoms with Crippen molar-refractivity contribution in [3.63, 3.8) is 0 Å². The van der Waals surface area contributed by atoms with E-state index in [4.69, 9.17) is 4.74 Å². The summed E-state index contributed by atoms with van der Waals surface area (Å²) in [6.07, 6.45) is 2.72. The lowest BCUT2D eigenvalue weighted by Crippen LogP contribution is -2.46. The van der Waals surface area contributed by atoms with E-state index in [9.17, 15) is 9.90 Å². The number of rotatable bonds is 5. The Balaban J connectivity index is 1.53. The van der Waals surface area contributed by atoms with Crippen LogP contribution in [0.25, 0.3) is 0 Å². The zero-order valence-electron chi connectivity index (χ0n) is 14.2. The van der Waals surface area contributed by atoms with E-state index in [-0.39, 0.29) is 5.91 Å². The van der Waals surface area contributed by atoms with E-state index in [0.717, 1.165) is 10.6 Å². The lowest BCUT2D eigenvalue weighted by atomic mass is 9.88. The molecule has 1 aliphatic heterocycles. The summed E-state index contributed by atoms with van der Waals surface area (Å²) in [7, 11) is 1.63. The predicted molar refractivity (Wildman–Crippen MR) is 97.7 cm³/mol. The molecule has 1 amide bonds. The number of pyridine rings is 1. The highest BCUT2D eigenvalue weighted by atomic mass is 32.2. The number of ether oxygens (including phenoxy) is 1. The van der Waals surface area contributed by atoms with Crippen LogP contribution in [0.4, 0.5) is 0 Å². The average Bonchev–Trinajstić information content (AvgIpc) is 2.67. The molecule has 6 heteroatoms. The van der Waals surface area contributed by atoms with E-state index >= 15 is 0 Å². The number of hydrogen-bond acceptors (Lipinski definition) is 5. The molecule has 2 heterocycles. The third kappa shape index (κ3) is 4.32. The molecule has 1 saturated heterocycles. The largest absolute Gasteiger partial charge is 0.497 e. The van der Waals surface area contributed by atoms with Gasteiger partial charge in [0.1, 0.15) is 11.4 Å². The van der Waals surface area contributed by atoms with Crippen molar-refractivity contribution in [1.29, 1.82) is 0 Å².